The van der Waals surface area contributed by atoms with Gasteiger partial charge in [-0.1, -0.05) is 31.9 Å². The molecule has 0 aliphatic carbocycles. The highest BCUT2D eigenvalue weighted by molar-refractivity contribution is 9.10. The Bertz CT molecular complexity index is 447. The van der Waals surface area contributed by atoms with E-state index in [1.54, 1.807) is 0 Å². The lowest BCUT2D eigenvalue weighted by Crippen LogP contribution is -2.44. The van der Waals surface area contributed by atoms with Crippen LogP contribution >= 0.6 is 31.9 Å². The van der Waals surface area contributed by atoms with Crippen molar-refractivity contribution in [2.24, 2.45) is 0 Å². The summed E-state index contributed by atoms with van der Waals surface area (Å²) in [7, 11) is 0. The van der Waals surface area contributed by atoms with Crippen LogP contribution in [-0.2, 0) is 0 Å². The first-order valence-corrected chi connectivity index (χ1v) is 8.18. The molecule has 0 aromatic heterocycles. The van der Waals surface area contributed by atoms with Crippen molar-refractivity contribution < 1.29 is 4.79 Å². The van der Waals surface area contributed by atoms with Crippen LogP contribution in [0.3, 0.4) is 0 Å². The van der Waals surface area contributed by atoms with Crippen LogP contribution in [-0.4, -0.2) is 28.7 Å². The van der Waals surface area contributed by atoms with Crippen molar-refractivity contribution in [1.29, 1.82) is 0 Å². The van der Waals surface area contributed by atoms with Gasteiger partial charge in [0.05, 0.1) is 0 Å². The molecule has 1 aromatic carbocycles. The maximum atomic E-state index is 12.5. The predicted octanol–water partition coefficient (Wildman–Crippen LogP) is 4.15. The van der Waals surface area contributed by atoms with Gasteiger partial charge in [0.1, 0.15) is 0 Å². The normalized spacial score (nSPS) is 19.9. The minimum Gasteiger partial charge on any atom is -0.335 e. The quantitative estimate of drug-likeness (QED) is 0.712. The van der Waals surface area contributed by atoms with Crippen molar-refractivity contribution in [2.75, 3.05) is 11.9 Å². The van der Waals surface area contributed by atoms with Gasteiger partial charge >= 0.3 is 0 Å². The number of aryl methyl sites for hydroxylation is 1. The van der Waals surface area contributed by atoms with E-state index in [9.17, 15) is 4.79 Å². The van der Waals surface area contributed by atoms with E-state index in [-0.39, 0.29) is 5.91 Å². The second-order valence-corrected chi connectivity index (χ2v) is 6.27. The standard InChI is InChI=1S/C14H17Br2NO/c1-10-8-11(5-6-13(10)16)14(18)17-7-3-2-4-12(17)9-15/h5-6,8,12H,2-4,7,9H2,1H3. The van der Waals surface area contributed by atoms with Crippen molar-refractivity contribution >= 4 is 37.8 Å². The minimum absolute atomic E-state index is 0.162. The smallest absolute Gasteiger partial charge is 0.254 e. The molecule has 1 aliphatic rings. The molecule has 4 heteroatoms. The number of alkyl halides is 1. The van der Waals surface area contributed by atoms with E-state index in [0.717, 1.165) is 40.3 Å². The molecule has 0 N–H and O–H groups in total. The summed E-state index contributed by atoms with van der Waals surface area (Å²) < 4.78 is 1.05. The number of carbonyl (C=O) groups excluding carboxylic acids is 1. The number of benzene rings is 1. The molecule has 18 heavy (non-hydrogen) atoms. The highest BCUT2D eigenvalue weighted by atomic mass is 79.9. The van der Waals surface area contributed by atoms with Crippen LogP contribution in [0.5, 0.6) is 0 Å². The van der Waals surface area contributed by atoms with Crippen LogP contribution < -0.4 is 0 Å². The first-order chi connectivity index (χ1) is 8.63. The average molecular weight is 375 g/mol. The third-order valence-electron chi connectivity index (χ3n) is 3.47. The van der Waals surface area contributed by atoms with Crippen molar-refractivity contribution in [2.45, 2.75) is 32.2 Å². The fourth-order valence-electron chi connectivity index (χ4n) is 2.37. The number of amides is 1. The van der Waals surface area contributed by atoms with E-state index in [0.29, 0.717) is 6.04 Å². The number of rotatable bonds is 2. The lowest BCUT2D eigenvalue weighted by molar-refractivity contribution is 0.0642. The second-order valence-electron chi connectivity index (χ2n) is 4.77. The van der Waals surface area contributed by atoms with Crippen molar-refractivity contribution in [3.05, 3.63) is 33.8 Å². The maximum absolute atomic E-state index is 12.5. The molecular weight excluding hydrogens is 358 g/mol. The second kappa shape index (κ2) is 6.20. The van der Waals surface area contributed by atoms with E-state index in [2.05, 4.69) is 31.9 Å². The molecule has 1 atom stereocenters. The van der Waals surface area contributed by atoms with E-state index < -0.39 is 0 Å². The Balaban J connectivity index is 2.21. The van der Waals surface area contributed by atoms with Crippen LogP contribution in [0.4, 0.5) is 0 Å². The molecule has 0 saturated carbocycles. The van der Waals surface area contributed by atoms with Gasteiger partial charge in [0.2, 0.25) is 0 Å². The Morgan fingerprint density at radius 1 is 1.44 bits per heavy atom. The largest absolute Gasteiger partial charge is 0.335 e. The predicted molar refractivity (Wildman–Crippen MR) is 81.3 cm³/mol. The number of likely N-dealkylation sites (tertiary alicyclic amines) is 1. The molecule has 0 bridgehead atoms. The lowest BCUT2D eigenvalue weighted by atomic mass is 10.0. The van der Waals surface area contributed by atoms with Gasteiger partial charge < -0.3 is 4.90 Å². The third kappa shape index (κ3) is 2.97. The van der Waals surface area contributed by atoms with Gasteiger partial charge in [-0.25, -0.2) is 0 Å². The molecule has 98 valence electrons. The maximum Gasteiger partial charge on any atom is 0.254 e. The van der Waals surface area contributed by atoms with Crippen molar-refractivity contribution in [3.8, 4) is 0 Å². The molecule has 1 fully saturated rings. The molecule has 2 rings (SSSR count). The summed E-state index contributed by atoms with van der Waals surface area (Å²) in [6.07, 6.45) is 3.44. The average Bonchev–Trinajstić information content (AvgIpc) is 2.41. The van der Waals surface area contributed by atoms with E-state index >= 15 is 0 Å². The Labute approximate surface area is 125 Å². The number of nitrogens with zero attached hydrogens (tertiary/aromatic N) is 1. The van der Waals surface area contributed by atoms with Crippen LogP contribution in [0.2, 0.25) is 0 Å². The molecule has 0 radical (unpaired) electrons. The van der Waals surface area contributed by atoms with Crippen molar-refractivity contribution in [1.82, 2.24) is 4.90 Å². The molecule has 1 amide bonds. The van der Waals surface area contributed by atoms with Gasteiger partial charge in [-0.05, 0) is 49.9 Å². The highest BCUT2D eigenvalue weighted by Gasteiger charge is 2.26. The van der Waals surface area contributed by atoms with Gasteiger partial charge in [-0.3, -0.25) is 4.79 Å². The zero-order valence-electron chi connectivity index (χ0n) is 10.5. The van der Waals surface area contributed by atoms with Gasteiger partial charge in [-0.2, -0.15) is 0 Å². The van der Waals surface area contributed by atoms with Crippen molar-refractivity contribution in [3.63, 3.8) is 0 Å². The van der Waals surface area contributed by atoms with Crippen LogP contribution in [0.15, 0.2) is 22.7 Å². The Morgan fingerprint density at radius 2 is 2.22 bits per heavy atom. The van der Waals surface area contributed by atoms with E-state index in [1.165, 1.54) is 6.42 Å². The summed E-state index contributed by atoms with van der Waals surface area (Å²) in [6.45, 7) is 2.89. The number of hydrogen-bond acceptors (Lipinski definition) is 1. The summed E-state index contributed by atoms with van der Waals surface area (Å²) in [5.74, 6) is 0.162. The summed E-state index contributed by atoms with van der Waals surface area (Å²) in [5, 5.41) is 0.869. The molecule has 1 saturated heterocycles. The van der Waals surface area contributed by atoms with E-state index in [1.807, 2.05) is 30.0 Å². The molecule has 2 nitrogen and oxygen atoms in total. The monoisotopic (exact) mass is 373 g/mol. The molecule has 1 heterocycles. The zero-order valence-corrected chi connectivity index (χ0v) is 13.6. The fraction of sp³-hybridized carbons (Fsp3) is 0.500. The highest BCUT2D eigenvalue weighted by Crippen LogP contribution is 2.23. The summed E-state index contributed by atoms with van der Waals surface area (Å²) in [5.41, 5.74) is 1.90. The summed E-state index contributed by atoms with van der Waals surface area (Å²) in [4.78, 5) is 14.5. The topological polar surface area (TPSA) is 20.3 Å². The minimum atomic E-state index is 0.162. The Hall–Kier alpha value is -0.350. The molecule has 1 unspecified atom stereocenters. The van der Waals surface area contributed by atoms with Gasteiger partial charge in [0.25, 0.3) is 5.91 Å². The molecule has 0 spiro atoms. The Kier molecular flexibility index (Phi) is 4.84. The SMILES string of the molecule is Cc1cc(C(=O)N2CCCCC2CBr)ccc1Br. The lowest BCUT2D eigenvalue weighted by Gasteiger charge is -2.34. The Morgan fingerprint density at radius 3 is 2.89 bits per heavy atom. The fourth-order valence-corrected chi connectivity index (χ4v) is 3.29. The zero-order chi connectivity index (χ0) is 13.1. The summed E-state index contributed by atoms with van der Waals surface area (Å²) >= 11 is 6.98. The van der Waals surface area contributed by atoms with Gasteiger partial charge in [0, 0.05) is 28.0 Å². The first kappa shape index (κ1) is 14.1. The number of hydrogen-bond donors (Lipinski definition) is 0. The summed E-state index contributed by atoms with van der Waals surface area (Å²) in [6, 6.07) is 6.16. The molecule has 1 aromatic rings. The third-order valence-corrected chi connectivity index (χ3v) is 5.11. The van der Waals surface area contributed by atoms with E-state index in [4.69, 9.17) is 0 Å². The number of piperidine rings is 1. The molecular formula is C14H17Br2NO. The number of halogens is 2. The van der Waals surface area contributed by atoms with Crippen LogP contribution in [0, 0.1) is 6.92 Å². The van der Waals surface area contributed by atoms with Gasteiger partial charge in [-0.15, -0.1) is 0 Å². The number of carbonyl (C=O) groups is 1. The van der Waals surface area contributed by atoms with Gasteiger partial charge in [0.15, 0.2) is 0 Å². The van der Waals surface area contributed by atoms with Crippen LogP contribution in [0.25, 0.3) is 0 Å². The first-order valence-electron chi connectivity index (χ1n) is 6.26. The van der Waals surface area contributed by atoms with Crippen LogP contribution in [0.1, 0.15) is 35.2 Å². The molecule has 1 aliphatic heterocycles.